The highest BCUT2D eigenvalue weighted by atomic mass is 16.5. The van der Waals surface area contributed by atoms with Crippen LogP contribution in [0.25, 0.3) is 10.8 Å². The summed E-state index contributed by atoms with van der Waals surface area (Å²) in [6.07, 6.45) is 0. The molecule has 174 valence electrons. The number of aromatic nitrogens is 2. The molecule has 1 amide bonds. The summed E-state index contributed by atoms with van der Waals surface area (Å²) in [6.45, 7) is 10.4. The van der Waals surface area contributed by atoms with Gasteiger partial charge in [0.05, 0.1) is 11.4 Å². The van der Waals surface area contributed by atoms with Crippen molar-refractivity contribution in [3.63, 3.8) is 0 Å². The molecule has 8 nitrogen and oxygen atoms in total. The molecule has 0 aliphatic heterocycles. The predicted octanol–water partition coefficient (Wildman–Crippen LogP) is 4.01. The van der Waals surface area contributed by atoms with E-state index in [-0.39, 0.29) is 17.3 Å². The highest BCUT2D eigenvalue weighted by Gasteiger charge is 2.20. The maximum atomic E-state index is 12.7. The maximum absolute atomic E-state index is 12.7. The van der Waals surface area contributed by atoms with Gasteiger partial charge in [-0.25, -0.2) is 9.48 Å². The van der Waals surface area contributed by atoms with Crippen LogP contribution in [0, 0.1) is 0 Å². The fourth-order valence-corrected chi connectivity index (χ4v) is 3.69. The molecule has 0 spiro atoms. The number of rotatable bonds is 8. The number of benzene rings is 2. The molecule has 2 aromatic carbocycles. The fraction of sp³-hybridized carbons (Fsp3) is 0.360. The third-order valence-corrected chi connectivity index (χ3v) is 5.29. The molecule has 0 unspecified atom stereocenters. The molecule has 0 atom stereocenters. The normalized spacial score (nSPS) is 11.1. The number of ether oxygens (including phenoxy) is 1. The Morgan fingerprint density at radius 3 is 2.24 bits per heavy atom. The van der Waals surface area contributed by atoms with E-state index in [4.69, 9.17) is 4.74 Å². The first kappa shape index (κ1) is 24.0. The van der Waals surface area contributed by atoms with Crippen LogP contribution in [0.1, 0.15) is 51.1 Å². The maximum Gasteiger partial charge on any atom is 0.359 e. The molecule has 33 heavy (non-hydrogen) atoms. The lowest BCUT2D eigenvalue weighted by molar-refractivity contribution is -0.119. The minimum Gasteiger partial charge on any atom is -0.451 e. The zero-order valence-electron chi connectivity index (χ0n) is 19.7. The summed E-state index contributed by atoms with van der Waals surface area (Å²) in [4.78, 5) is 39.9. The quantitative estimate of drug-likeness (QED) is 0.521. The van der Waals surface area contributed by atoms with Crippen molar-refractivity contribution in [2.75, 3.05) is 23.4 Å². The zero-order chi connectivity index (χ0) is 24.1. The first-order valence-electron chi connectivity index (χ1n) is 11.1. The summed E-state index contributed by atoms with van der Waals surface area (Å²) in [5, 5.41) is 7.70. The standard InChI is InChI=1S/C25H30N4O4/c1-6-28(16(2)3)19-13-11-18(12-14-19)26-22(30)15-33-25(32)23-20-9-7-8-10-21(20)24(31)29(27-23)17(4)5/h7-14,16-17H,6,15H2,1-5H3,(H,26,30). The molecule has 1 N–H and O–H groups in total. The Morgan fingerprint density at radius 1 is 1.03 bits per heavy atom. The Morgan fingerprint density at radius 2 is 1.67 bits per heavy atom. The second-order valence-corrected chi connectivity index (χ2v) is 8.29. The summed E-state index contributed by atoms with van der Waals surface area (Å²) in [5.41, 5.74) is 1.40. The topological polar surface area (TPSA) is 93.5 Å². The molecule has 3 rings (SSSR count). The van der Waals surface area contributed by atoms with E-state index in [0.717, 1.165) is 12.2 Å². The van der Waals surface area contributed by atoms with Crippen LogP contribution in [-0.2, 0) is 9.53 Å². The van der Waals surface area contributed by atoms with Gasteiger partial charge in [-0.15, -0.1) is 0 Å². The minimum absolute atomic E-state index is 0.00407. The van der Waals surface area contributed by atoms with Crippen molar-refractivity contribution in [2.45, 2.75) is 46.7 Å². The second kappa shape index (κ2) is 10.3. The Bertz CT molecular complexity index is 1200. The van der Waals surface area contributed by atoms with Crippen molar-refractivity contribution in [2.24, 2.45) is 0 Å². The lowest BCUT2D eigenvalue weighted by Gasteiger charge is -2.27. The molecule has 0 fully saturated rings. The van der Waals surface area contributed by atoms with Crippen molar-refractivity contribution in [3.8, 4) is 0 Å². The molecule has 0 aliphatic carbocycles. The van der Waals surface area contributed by atoms with Gasteiger partial charge in [-0.2, -0.15) is 5.10 Å². The third kappa shape index (κ3) is 5.39. The van der Waals surface area contributed by atoms with Crippen molar-refractivity contribution < 1.29 is 14.3 Å². The van der Waals surface area contributed by atoms with E-state index < -0.39 is 18.5 Å². The first-order valence-corrected chi connectivity index (χ1v) is 11.1. The molecule has 0 saturated carbocycles. The molecular weight excluding hydrogens is 420 g/mol. The summed E-state index contributed by atoms with van der Waals surface area (Å²) in [7, 11) is 0. The van der Waals surface area contributed by atoms with Gasteiger partial charge in [-0.1, -0.05) is 18.2 Å². The molecule has 0 radical (unpaired) electrons. The molecule has 1 aromatic heterocycles. The van der Waals surface area contributed by atoms with Gasteiger partial charge in [0.25, 0.3) is 11.5 Å². The molecule has 0 aliphatic rings. The lowest BCUT2D eigenvalue weighted by atomic mass is 10.1. The average molecular weight is 451 g/mol. The third-order valence-electron chi connectivity index (χ3n) is 5.29. The van der Waals surface area contributed by atoms with E-state index in [1.807, 2.05) is 24.3 Å². The number of nitrogens with one attached hydrogen (secondary N) is 1. The van der Waals surface area contributed by atoms with E-state index >= 15 is 0 Å². The van der Waals surface area contributed by atoms with Gasteiger partial charge < -0.3 is 15.0 Å². The Balaban J connectivity index is 1.70. The van der Waals surface area contributed by atoms with Crippen molar-refractivity contribution in [1.29, 1.82) is 0 Å². The smallest absolute Gasteiger partial charge is 0.359 e. The van der Waals surface area contributed by atoms with Crippen LogP contribution in [-0.4, -0.2) is 40.9 Å². The number of hydrogen-bond acceptors (Lipinski definition) is 6. The summed E-state index contributed by atoms with van der Waals surface area (Å²) >= 11 is 0. The van der Waals surface area contributed by atoms with Gasteiger partial charge >= 0.3 is 5.97 Å². The van der Waals surface area contributed by atoms with Gasteiger partial charge in [-0.05, 0) is 65.0 Å². The molecule has 1 heterocycles. The minimum atomic E-state index is -0.762. The average Bonchev–Trinajstić information content (AvgIpc) is 2.79. The summed E-state index contributed by atoms with van der Waals surface area (Å²) in [5.74, 6) is -1.23. The van der Waals surface area contributed by atoms with Crippen LogP contribution in [0.4, 0.5) is 11.4 Å². The van der Waals surface area contributed by atoms with Gasteiger partial charge in [-0.3, -0.25) is 9.59 Å². The van der Waals surface area contributed by atoms with Gasteiger partial charge in [0.15, 0.2) is 12.3 Å². The van der Waals surface area contributed by atoms with E-state index in [9.17, 15) is 14.4 Å². The number of esters is 1. The second-order valence-electron chi connectivity index (χ2n) is 8.29. The van der Waals surface area contributed by atoms with Gasteiger partial charge in [0, 0.05) is 29.3 Å². The van der Waals surface area contributed by atoms with Crippen molar-refractivity contribution >= 4 is 34.0 Å². The molecule has 3 aromatic rings. The van der Waals surface area contributed by atoms with Crippen molar-refractivity contribution in [3.05, 3.63) is 64.6 Å². The SMILES string of the molecule is CCN(c1ccc(NC(=O)COC(=O)c2nn(C(C)C)c(=O)c3ccccc23)cc1)C(C)C. The van der Waals surface area contributed by atoms with Gasteiger partial charge in [0.1, 0.15) is 0 Å². The molecule has 8 heteroatoms. The number of hydrogen-bond donors (Lipinski definition) is 1. The van der Waals surface area contributed by atoms with E-state index in [2.05, 4.69) is 36.1 Å². The summed E-state index contributed by atoms with van der Waals surface area (Å²) < 4.78 is 6.47. The number of fused-ring (bicyclic) bond motifs is 1. The van der Waals surface area contributed by atoms with E-state index in [1.54, 1.807) is 38.1 Å². The van der Waals surface area contributed by atoms with Crippen LogP contribution >= 0.6 is 0 Å². The monoisotopic (exact) mass is 450 g/mol. The number of nitrogens with zero attached hydrogens (tertiary/aromatic N) is 3. The fourth-order valence-electron chi connectivity index (χ4n) is 3.69. The summed E-state index contributed by atoms with van der Waals surface area (Å²) in [6, 6.07) is 14.4. The Kier molecular flexibility index (Phi) is 7.48. The Hall–Kier alpha value is -3.68. The van der Waals surface area contributed by atoms with Crippen LogP contribution in [0.3, 0.4) is 0 Å². The number of carbonyl (C=O) groups excluding carboxylic acids is 2. The van der Waals surface area contributed by atoms with Crippen molar-refractivity contribution in [1.82, 2.24) is 9.78 Å². The number of anilines is 2. The van der Waals surface area contributed by atoms with Crippen LogP contribution in [0.2, 0.25) is 0 Å². The molecular formula is C25H30N4O4. The number of carbonyl (C=O) groups is 2. The lowest BCUT2D eigenvalue weighted by Crippen LogP contribution is -2.30. The number of amides is 1. The first-order chi connectivity index (χ1) is 15.7. The van der Waals surface area contributed by atoms with Crippen LogP contribution in [0.5, 0.6) is 0 Å². The predicted molar refractivity (Wildman–Crippen MR) is 130 cm³/mol. The van der Waals surface area contributed by atoms with Crippen LogP contribution < -0.4 is 15.8 Å². The van der Waals surface area contributed by atoms with Crippen LogP contribution in [0.15, 0.2) is 53.3 Å². The van der Waals surface area contributed by atoms with E-state index in [0.29, 0.717) is 22.5 Å². The Labute approximate surface area is 193 Å². The zero-order valence-corrected chi connectivity index (χ0v) is 19.7. The largest absolute Gasteiger partial charge is 0.451 e. The molecule has 0 saturated heterocycles. The molecule has 0 bridgehead atoms. The highest BCUT2D eigenvalue weighted by Crippen LogP contribution is 2.20. The highest BCUT2D eigenvalue weighted by molar-refractivity contribution is 6.03. The van der Waals surface area contributed by atoms with E-state index in [1.165, 1.54) is 4.68 Å². The van der Waals surface area contributed by atoms with Gasteiger partial charge in [0.2, 0.25) is 0 Å².